The van der Waals surface area contributed by atoms with Crippen molar-refractivity contribution in [3.05, 3.63) is 42.6 Å². The minimum Gasteiger partial charge on any atom is -0.494 e. The Bertz CT molecular complexity index is 1040. The first-order chi connectivity index (χ1) is 13.6. The molecule has 0 unspecified atom stereocenters. The van der Waals surface area contributed by atoms with Crippen LogP contribution in [0.3, 0.4) is 0 Å². The number of aryl methyl sites for hydroxylation is 1. The minimum absolute atomic E-state index is 0.117. The maximum atomic E-state index is 5.86. The van der Waals surface area contributed by atoms with Gasteiger partial charge in [0.2, 0.25) is 5.95 Å². The van der Waals surface area contributed by atoms with E-state index in [1.54, 1.807) is 19.6 Å². The van der Waals surface area contributed by atoms with Crippen molar-refractivity contribution in [2.75, 3.05) is 31.0 Å². The summed E-state index contributed by atoms with van der Waals surface area (Å²) in [6.45, 7) is 2.66. The number of anilines is 3. The van der Waals surface area contributed by atoms with E-state index in [4.69, 9.17) is 9.47 Å². The fraction of sp³-hybridized carbons (Fsp3) is 0.350. The first-order valence-electron chi connectivity index (χ1n) is 9.28. The fourth-order valence-corrected chi connectivity index (χ4v) is 3.57. The van der Waals surface area contributed by atoms with Crippen molar-refractivity contribution in [2.24, 2.45) is 0 Å². The predicted octanol–water partition coefficient (Wildman–Crippen LogP) is 3.08. The molecule has 0 radical (unpaired) electrons. The molecule has 28 heavy (non-hydrogen) atoms. The largest absolute Gasteiger partial charge is 0.494 e. The van der Waals surface area contributed by atoms with Crippen LogP contribution in [0, 0.1) is 6.92 Å². The summed E-state index contributed by atoms with van der Waals surface area (Å²) in [5.41, 5.74) is 2.83. The van der Waals surface area contributed by atoms with Crippen molar-refractivity contribution in [2.45, 2.75) is 25.3 Å². The monoisotopic (exact) mass is 378 g/mol. The summed E-state index contributed by atoms with van der Waals surface area (Å²) in [5.74, 6) is 2.82. The molecule has 1 saturated carbocycles. The molecule has 1 spiro atoms. The van der Waals surface area contributed by atoms with Gasteiger partial charge in [-0.25, -0.2) is 9.97 Å². The highest BCUT2D eigenvalue weighted by Gasteiger charge is 2.51. The summed E-state index contributed by atoms with van der Waals surface area (Å²) >= 11 is 0. The van der Waals surface area contributed by atoms with Crippen molar-refractivity contribution in [3.8, 4) is 17.2 Å². The zero-order chi connectivity index (χ0) is 19.3. The van der Waals surface area contributed by atoms with E-state index in [0.29, 0.717) is 12.6 Å². The maximum Gasteiger partial charge on any atom is 0.229 e. The van der Waals surface area contributed by atoms with Gasteiger partial charge in [-0.15, -0.1) is 0 Å². The molecule has 0 saturated heterocycles. The maximum absolute atomic E-state index is 5.86. The fourth-order valence-electron chi connectivity index (χ4n) is 3.57. The van der Waals surface area contributed by atoms with Gasteiger partial charge >= 0.3 is 0 Å². The van der Waals surface area contributed by atoms with Crippen LogP contribution in [0.25, 0.3) is 5.69 Å². The SMILES string of the molecule is COc1cc(Nc2ncc3c(n2)N(C)C2(CC2)CO3)ccc1-n1cnc(C)c1. The summed E-state index contributed by atoms with van der Waals surface area (Å²) in [6.07, 6.45) is 7.75. The zero-order valence-electron chi connectivity index (χ0n) is 16.1. The van der Waals surface area contributed by atoms with Crippen LogP contribution in [-0.4, -0.2) is 45.8 Å². The van der Waals surface area contributed by atoms with Crippen LogP contribution >= 0.6 is 0 Å². The van der Waals surface area contributed by atoms with E-state index in [9.17, 15) is 0 Å². The molecule has 8 heteroatoms. The lowest BCUT2D eigenvalue weighted by atomic mass is 10.2. The molecule has 0 bridgehead atoms. The Kier molecular flexibility index (Phi) is 3.68. The summed E-state index contributed by atoms with van der Waals surface area (Å²) < 4.78 is 13.4. The van der Waals surface area contributed by atoms with Crippen LogP contribution < -0.4 is 19.7 Å². The summed E-state index contributed by atoms with van der Waals surface area (Å²) in [4.78, 5) is 15.6. The van der Waals surface area contributed by atoms with Gasteiger partial charge in [-0.2, -0.15) is 4.98 Å². The molecule has 1 aliphatic heterocycles. The molecule has 3 aromatic rings. The van der Waals surface area contributed by atoms with Crippen LogP contribution in [0.15, 0.2) is 36.9 Å². The van der Waals surface area contributed by atoms with Crippen molar-refractivity contribution >= 4 is 17.5 Å². The van der Waals surface area contributed by atoms with E-state index in [1.807, 2.05) is 35.9 Å². The molecule has 2 aliphatic rings. The Balaban J connectivity index is 1.43. The van der Waals surface area contributed by atoms with Crippen LogP contribution in [0.1, 0.15) is 18.5 Å². The van der Waals surface area contributed by atoms with Crippen LogP contribution in [0.4, 0.5) is 17.5 Å². The number of rotatable bonds is 4. The number of fused-ring (bicyclic) bond motifs is 1. The number of imidazole rings is 1. The standard InChI is InChI=1S/C20H22N6O2/c1-13-10-26(12-22-13)15-5-4-14(8-16(15)27-3)23-19-21-9-17-18(24-19)25(2)20(6-7-20)11-28-17/h4-5,8-10,12H,6-7,11H2,1-3H3,(H,21,23,24). The molecule has 1 aliphatic carbocycles. The molecule has 0 atom stereocenters. The summed E-state index contributed by atoms with van der Waals surface area (Å²) in [6, 6.07) is 5.88. The lowest BCUT2D eigenvalue weighted by Crippen LogP contribution is -2.43. The molecule has 1 N–H and O–H groups in total. The molecule has 1 aromatic carbocycles. The van der Waals surface area contributed by atoms with Gasteiger partial charge in [0.05, 0.1) is 36.6 Å². The second-order valence-electron chi connectivity index (χ2n) is 7.39. The number of nitrogens with zero attached hydrogens (tertiary/aromatic N) is 5. The van der Waals surface area contributed by atoms with Crippen molar-refractivity contribution in [1.82, 2.24) is 19.5 Å². The Labute approximate surface area is 163 Å². The Morgan fingerprint density at radius 3 is 2.82 bits per heavy atom. The quantitative estimate of drug-likeness (QED) is 0.747. The molecule has 144 valence electrons. The minimum atomic E-state index is 0.117. The van der Waals surface area contributed by atoms with Gasteiger partial charge in [-0.1, -0.05) is 0 Å². The van der Waals surface area contributed by atoms with E-state index in [1.165, 1.54) is 0 Å². The first-order valence-corrected chi connectivity index (χ1v) is 9.28. The van der Waals surface area contributed by atoms with Gasteiger partial charge in [0.15, 0.2) is 11.6 Å². The van der Waals surface area contributed by atoms with E-state index in [-0.39, 0.29) is 5.54 Å². The Morgan fingerprint density at radius 2 is 2.11 bits per heavy atom. The normalized spacial score (nSPS) is 16.5. The van der Waals surface area contributed by atoms with Gasteiger partial charge in [-0.3, -0.25) is 0 Å². The van der Waals surface area contributed by atoms with Crippen molar-refractivity contribution < 1.29 is 9.47 Å². The number of hydrogen-bond acceptors (Lipinski definition) is 7. The summed E-state index contributed by atoms with van der Waals surface area (Å²) in [5, 5.41) is 3.27. The van der Waals surface area contributed by atoms with Crippen LogP contribution in [0.2, 0.25) is 0 Å². The van der Waals surface area contributed by atoms with Crippen molar-refractivity contribution in [1.29, 1.82) is 0 Å². The first kappa shape index (κ1) is 16.9. The smallest absolute Gasteiger partial charge is 0.229 e. The summed E-state index contributed by atoms with van der Waals surface area (Å²) in [7, 11) is 3.74. The average molecular weight is 378 g/mol. The van der Waals surface area contributed by atoms with Gasteiger partial charge in [0.25, 0.3) is 0 Å². The second-order valence-corrected chi connectivity index (χ2v) is 7.39. The molecular weight excluding hydrogens is 356 g/mol. The Hall–Kier alpha value is -3.29. The zero-order valence-corrected chi connectivity index (χ0v) is 16.1. The number of likely N-dealkylation sites (N-methyl/N-ethyl adjacent to an activating group) is 1. The van der Waals surface area contributed by atoms with Crippen LogP contribution in [0.5, 0.6) is 11.5 Å². The molecule has 0 amide bonds. The molecule has 1 fully saturated rings. The molecular formula is C20H22N6O2. The third kappa shape index (κ3) is 2.72. The van der Waals surface area contributed by atoms with E-state index < -0.39 is 0 Å². The molecule has 8 nitrogen and oxygen atoms in total. The van der Waals surface area contributed by atoms with Crippen molar-refractivity contribution in [3.63, 3.8) is 0 Å². The average Bonchev–Trinajstić information content (AvgIpc) is 3.37. The van der Waals surface area contributed by atoms with Gasteiger partial charge in [-0.05, 0) is 31.9 Å². The molecule has 3 heterocycles. The predicted molar refractivity (Wildman–Crippen MR) is 106 cm³/mol. The number of nitrogens with one attached hydrogen (secondary N) is 1. The molecule has 5 rings (SSSR count). The van der Waals surface area contributed by atoms with Crippen LogP contribution in [-0.2, 0) is 0 Å². The van der Waals surface area contributed by atoms with Gasteiger partial charge in [0, 0.05) is 25.0 Å². The lowest BCUT2D eigenvalue weighted by molar-refractivity contribution is 0.253. The highest BCUT2D eigenvalue weighted by molar-refractivity contribution is 5.65. The number of ether oxygens (including phenoxy) is 2. The van der Waals surface area contributed by atoms with E-state index in [0.717, 1.165) is 47.2 Å². The highest BCUT2D eigenvalue weighted by atomic mass is 16.5. The number of aromatic nitrogens is 4. The van der Waals surface area contributed by atoms with Gasteiger partial charge in [0.1, 0.15) is 12.4 Å². The van der Waals surface area contributed by atoms with E-state index in [2.05, 4.69) is 32.2 Å². The second kappa shape index (κ2) is 6.12. The third-order valence-electron chi connectivity index (χ3n) is 5.51. The number of methoxy groups -OCH3 is 1. The molecule has 2 aromatic heterocycles. The lowest BCUT2D eigenvalue weighted by Gasteiger charge is -2.35. The number of benzene rings is 1. The third-order valence-corrected chi connectivity index (χ3v) is 5.51. The Morgan fingerprint density at radius 1 is 1.25 bits per heavy atom. The van der Waals surface area contributed by atoms with Gasteiger partial charge < -0.3 is 24.3 Å². The topological polar surface area (TPSA) is 77.3 Å². The number of hydrogen-bond donors (Lipinski definition) is 1. The highest BCUT2D eigenvalue weighted by Crippen LogP contribution is 2.48. The van der Waals surface area contributed by atoms with E-state index >= 15 is 0 Å².